The highest BCUT2D eigenvalue weighted by atomic mass is 32.2. The molecule has 0 heterocycles. The van der Waals surface area contributed by atoms with Gasteiger partial charge in [0.25, 0.3) is 0 Å². The number of methoxy groups -OCH3 is 2. The van der Waals surface area contributed by atoms with E-state index in [1.54, 1.807) is 30.4 Å². The van der Waals surface area contributed by atoms with Gasteiger partial charge in [-0.3, -0.25) is 18.6 Å². The third kappa shape index (κ3) is 8.47. The van der Waals surface area contributed by atoms with Crippen LogP contribution in [0.25, 0.3) is 0 Å². The maximum absolute atomic E-state index is 12.4. The number of carbonyl (C=O) groups is 3. The summed E-state index contributed by atoms with van der Waals surface area (Å²) in [6.07, 6.45) is 6.17. The zero-order chi connectivity index (χ0) is 23.3. The molecule has 0 aliphatic rings. The molecule has 8 nitrogen and oxygen atoms in total. The molecular formula is C22H28O8S. The van der Waals surface area contributed by atoms with E-state index in [2.05, 4.69) is 0 Å². The Hall–Kier alpha value is -2.78. The van der Waals surface area contributed by atoms with Crippen LogP contribution in [-0.4, -0.2) is 49.6 Å². The predicted octanol–water partition coefficient (Wildman–Crippen LogP) is 2.82. The van der Waals surface area contributed by atoms with Crippen molar-refractivity contribution in [3.8, 4) is 0 Å². The highest BCUT2D eigenvalue weighted by Gasteiger charge is 2.46. The Kier molecular flexibility index (Phi) is 11.4. The van der Waals surface area contributed by atoms with Crippen LogP contribution < -0.4 is 0 Å². The van der Waals surface area contributed by atoms with Crippen LogP contribution in [0.2, 0.25) is 0 Å². The van der Waals surface area contributed by atoms with E-state index in [0.29, 0.717) is 4.90 Å². The van der Waals surface area contributed by atoms with Crippen molar-refractivity contribution < 1.29 is 37.0 Å². The average Bonchev–Trinajstić information content (AvgIpc) is 2.76. The summed E-state index contributed by atoms with van der Waals surface area (Å²) < 4.78 is 31.9. The fraction of sp³-hybridized carbons (Fsp3) is 0.409. The first-order chi connectivity index (χ1) is 14.8. The lowest BCUT2D eigenvalue weighted by Gasteiger charge is -2.25. The quantitative estimate of drug-likeness (QED) is 0.206. The third-order valence-electron chi connectivity index (χ3n) is 4.29. The summed E-state index contributed by atoms with van der Waals surface area (Å²) in [4.78, 5) is 36.2. The minimum atomic E-state index is -1.64. The monoisotopic (exact) mass is 452 g/mol. The molecule has 0 spiro atoms. The third-order valence-corrected chi connectivity index (χ3v) is 5.29. The average molecular weight is 453 g/mol. The van der Waals surface area contributed by atoms with Gasteiger partial charge in [-0.2, -0.15) is 0 Å². The van der Waals surface area contributed by atoms with Crippen LogP contribution in [0, 0.1) is 12.3 Å². The first-order valence-corrected chi connectivity index (χ1v) is 10.6. The van der Waals surface area contributed by atoms with E-state index in [9.17, 15) is 18.6 Å². The Morgan fingerprint density at radius 3 is 1.90 bits per heavy atom. The Morgan fingerprint density at radius 2 is 1.42 bits per heavy atom. The molecule has 31 heavy (non-hydrogen) atoms. The number of allylic oxidation sites excluding steroid dienone is 2. The summed E-state index contributed by atoms with van der Waals surface area (Å²) >= 11 is -1.64. The van der Waals surface area contributed by atoms with Crippen molar-refractivity contribution in [1.82, 2.24) is 0 Å². The Bertz CT molecular complexity index is 810. The van der Waals surface area contributed by atoms with Crippen LogP contribution in [0.1, 0.15) is 25.3 Å². The molecule has 0 aromatic heterocycles. The van der Waals surface area contributed by atoms with Crippen molar-refractivity contribution >= 4 is 29.0 Å². The fourth-order valence-corrected chi connectivity index (χ4v) is 3.28. The van der Waals surface area contributed by atoms with Crippen LogP contribution in [0.4, 0.5) is 0 Å². The first kappa shape index (κ1) is 26.3. The number of ether oxygens (including phenoxy) is 3. The van der Waals surface area contributed by atoms with Gasteiger partial charge in [0.2, 0.25) is 0 Å². The predicted molar refractivity (Wildman–Crippen MR) is 114 cm³/mol. The molecule has 0 aliphatic heterocycles. The van der Waals surface area contributed by atoms with Gasteiger partial charge in [-0.25, -0.2) is 4.21 Å². The SMILES string of the molecule is COC(=O)C(C/C=C\COC(C)=O)(C/C=C/COS(=O)c1ccc(C)cc1)C(=O)OC. The van der Waals surface area contributed by atoms with Gasteiger partial charge in [-0.05, 0) is 31.9 Å². The maximum atomic E-state index is 12.4. The molecule has 1 aromatic carbocycles. The van der Waals surface area contributed by atoms with Crippen molar-refractivity contribution in [2.75, 3.05) is 27.4 Å². The number of rotatable bonds is 12. The highest BCUT2D eigenvalue weighted by molar-refractivity contribution is 7.80. The smallest absolute Gasteiger partial charge is 0.323 e. The molecule has 0 fully saturated rings. The zero-order valence-electron chi connectivity index (χ0n) is 18.1. The van der Waals surface area contributed by atoms with Crippen LogP contribution >= 0.6 is 0 Å². The molecule has 1 rings (SSSR count). The summed E-state index contributed by atoms with van der Waals surface area (Å²) in [5.74, 6) is -1.96. The van der Waals surface area contributed by atoms with E-state index in [1.165, 1.54) is 27.2 Å². The van der Waals surface area contributed by atoms with Gasteiger partial charge in [-0.1, -0.05) is 42.0 Å². The molecule has 0 N–H and O–H groups in total. The fourth-order valence-electron chi connectivity index (χ4n) is 2.58. The van der Waals surface area contributed by atoms with Gasteiger partial charge in [0, 0.05) is 6.92 Å². The topological polar surface area (TPSA) is 105 Å². The molecule has 1 unspecified atom stereocenters. The van der Waals surface area contributed by atoms with E-state index < -0.39 is 34.4 Å². The first-order valence-electron chi connectivity index (χ1n) is 9.48. The lowest BCUT2D eigenvalue weighted by molar-refractivity contribution is -0.168. The van der Waals surface area contributed by atoms with E-state index >= 15 is 0 Å². The van der Waals surface area contributed by atoms with Crippen LogP contribution in [0.3, 0.4) is 0 Å². The lowest BCUT2D eigenvalue weighted by atomic mass is 9.80. The summed E-state index contributed by atoms with van der Waals surface area (Å²) in [7, 11) is 2.36. The van der Waals surface area contributed by atoms with E-state index in [-0.39, 0.29) is 26.1 Å². The second kappa shape index (κ2) is 13.5. The molecule has 1 aromatic rings. The number of aryl methyl sites for hydroxylation is 1. The second-order valence-electron chi connectivity index (χ2n) is 6.55. The molecule has 0 aliphatic carbocycles. The van der Waals surface area contributed by atoms with Crippen molar-refractivity contribution in [2.24, 2.45) is 5.41 Å². The Morgan fingerprint density at radius 1 is 0.903 bits per heavy atom. The number of hydrogen-bond donors (Lipinski definition) is 0. The van der Waals surface area contributed by atoms with Crippen molar-refractivity contribution in [3.63, 3.8) is 0 Å². The minimum Gasteiger partial charge on any atom is -0.468 e. The van der Waals surface area contributed by atoms with Gasteiger partial charge in [0.05, 0.1) is 25.7 Å². The number of esters is 3. The number of carbonyl (C=O) groups excluding carboxylic acids is 3. The molecule has 0 saturated heterocycles. The molecule has 170 valence electrons. The molecule has 0 bridgehead atoms. The van der Waals surface area contributed by atoms with Crippen LogP contribution in [0.5, 0.6) is 0 Å². The molecule has 0 radical (unpaired) electrons. The molecule has 1 atom stereocenters. The molecule has 0 saturated carbocycles. The van der Waals surface area contributed by atoms with Gasteiger partial charge in [-0.15, -0.1) is 0 Å². The summed E-state index contributed by atoms with van der Waals surface area (Å²) in [6, 6.07) is 7.11. The second-order valence-corrected chi connectivity index (χ2v) is 7.73. The van der Waals surface area contributed by atoms with Crippen molar-refractivity contribution in [2.45, 2.75) is 31.6 Å². The molecule has 0 amide bonds. The summed E-state index contributed by atoms with van der Waals surface area (Å²) in [6.45, 7) is 3.24. The van der Waals surface area contributed by atoms with Crippen molar-refractivity contribution in [3.05, 3.63) is 54.1 Å². The lowest BCUT2D eigenvalue weighted by Crippen LogP contribution is -2.40. The Balaban J connectivity index is 2.79. The summed E-state index contributed by atoms with van der Waals surface area (Å²) in [5, 5.41) is 0. The van der Waals surface area contributed by atoms with E-state index in [4.69, 9.17) is 18.4 Å². The highest BCUT2D eigenvalue weighted by Crippen LogP contribution is 2.31. The standard InChI is InChI=1S/C22H28O8S/c1-17-9-11-19(12-10-17)31(26)30-16-8-6-14-22(20(24)27-3,21(25)28-4)13-5-7-15-29-18(2)23/h5-12H,13-16H2,1-4H3/b7-5-,8-6+. The molecular weight excluding hydrogens is 424 g/mol. The largest absolute Gasteiger partial charge is 0.468 e. The number of hydrogen-bond acceptors (Lipinski definition) is 8. The van der Waals surface area contributed by atoms with Crippen LogP contribution in [-0.2, 0) is 43.9 Å². The van der Waals surface area contributed by atoms with Gasteiger partial charge in [0.15, 0.2) is 16.5 Å². The zero-order valence-corrected chi connectivity index (χ0v) is 18.9. The maximum Gasteiger partial charge on any atom is 0.323 e. The summed E-state index contributed by atoms with van der Waals surface area (Å²) in [5.41, 5.74) is -0.562. The molecule has 9 heteroatoms. The van der Waals surface area contributed by atoms with E-state index in [1.807, 2.05) is 19.1 Å². The minimum absolute atomic E-state index is 0.0151. The van der Waals surface area contributed by atoms with Crippen molar-refractivity contribution in [1.29, 1.82) is 0 Å². The van der Waals surface area contributed by atoms with Gasteiger partial charge >= 0.3 is 17.9 Å². The van der Waals surface area contributed by atoms with Gasteiger partial charge < -0.3 is 14.2 Å². The Labute approximate surface area is 184 Å². The van der Waals surface area contributed by atoms with Crippen LogP contribution in [0.15, 0.2) is 53.5 Å². The van der Waals surface area contributed by atoms with E-state index in [0.717, 1.165) is 5.56 Å². The normalized spacial score (nSPS) is 12.6. The number of benzene rings is 1. The van der Waals surface area contributed by atoms with Gasteiger partial charge in [0.1, 0.15) is 6.61 Å².